The molecule has 2 aliphatic rings. The molecular formula is C17H14O2. The van der Waals surface area contributed by atoms with E-state index >= 15 is 0 Å². The van der Waals surface area contributed by atoms with Gasteiger partial charge < -0.3 is 4.74 Å². The van der Waals surface area contributed by atoms with Gasteiger partial charge in [0.15, 0.2) is 0 Å². The largest absolute Gasteiger partial charge is 0.461 e. The van der Waals surface area contributed by atoms with E-state index in [1.165, 1.54) is 11.1 Å². The van der Waals surface area contributed by atoms with E-state index in [2.05, 4.69) is 18.2 Å². The monoisotopic (exact) mass is 250 g/mol. The van der Waals surface area contributed by atoms with Crippen molar-refractivity contribution in [2.75, 3.05) is 0 Å². The summed E-state index contributed by atoms with van der Waals surface area (Å²) in [5.74, 6) is -0.0309. The molecule has 2 heteroatoms. The Kier molecular flexibility index (Phi) is 2.25. The smallest absolute Gasteiger partial charge is 0.314 e. The molecule has 2 nitrogen and oxygen atoms in total. The summed E-state index contributed by atoms with van der Waals surface area (Å²) in [5.41, 5.74) is 3.68. The number of ether oxygens (including phenoxy) is 1. The van der Waals surface area contributed by atoms with Gasteiger partial charge in [-0.25, -0.2) is 0 Å². The van der Waals surface area contributed by atoms with Crippen LogP contribution in [0.4, 0.5) is 0 Å². The summed E-state index contributed by atoms with van der Waals surface area (Å²) < 4.78 is 5.60. The third-order valence-corrected chi connectivity index (χ3v) is 4.28. The molecule has 2 aromatic carbocycles. The Hall–Kier alpha value is -2.09. The van der Waals surface area contributed by atoms with Gasteiger partial charge in [0.05, 0.1) is 5.92 Å². The van der Waals surface area contributed by atoms with Crippen LogP contribution in [0.25, 0.3) is 0 Å². The zero-order valence-electron chi connectivity index (χ0n) is 10.5. The van der Waals surface area contributed by atoms with E-state index < -0.39 is 0 Å². The van der Waals surface area contributed by atoms with Gasteiger partial charge >= 0.3 is 5.97 Å². The van der Waals surface area contributed by atoms with Gasteiger partial charge in [0.1, 0.15) is 6.10 Å². The number of benzene rings is 2. The van der Waals surface area contributed by atoms with Crippen molar-refractivity contribution in [3.63, 3.8) is 0 Å². The van der Waals surface area contributed by atoms with Crippen molar-refractivity contribution in [1.29, 1.82) is 0 Å². The topological polar surface area (TPSA) is 26.3 Å². The Morgan fingerprint density at radius 3 is 2.53 bits per heavy atom. The quantitative estimate of drug-likeness (QED) is 0.727. The lowest BCUT2D eigenvalue weighted by Crippen LogP contribution is -2.13. The van der Waals surface area contributed by atoms with Crippen molar-refractivity contribution in [3.8, 4) is 0 Å². The summed E-state index contributed by atoms with van der Waals surface area (Å²) in [6.45, 7) is 0. The summed E-state index contributed by atoms with van der Waals surface area (Å²) in [7, 11) is 0. The normalized spacial score (nSPS) is 27.8. The van der Waals surface area contributed by atoms with Crippen LogP contribution in [0.1, 0.15) is 28.5 Å². The number of carbonyl (C=O) groups is 1. The molecule has 1 saturated heterocycles. The molecule has 0 bridgehead atoms. The Bertz CT molecular complexity index is 633. The fraction of sp³-hybridized carbons (Fsp3) is 0.235. The van der Waals surface area contributed by atoms with E-state index in [9.17, 15) is 4.79 Å². The molecule has 0 spiro atoms. The fourth-order valence-electron chi connectivity index (χ4n) is 3.47. The maximum Gasteiger partial charge on any atom is 0.314 e. The van der Waals surface area contributed by atoms with Gasteiger partial charge in [0.2, 0.25) is 0 Å². The van der Waals surface area contributed by atoms with E-state index in [1.54, 1.807) is 0 Å². The maximum atomic E-state index is 12.2. The Labute approximate surface area is 112 Å². The lowest BCUT2D eigenvalue weighted by molar-refractivity contribution is -0.142. The van der Waals surface area contributed by atoms with Crippen LogP contribution in [-0.4, -0.2) is 12.1 Å². The van der Waals surface area contributed by atoms with Gasteiger partial charge in [-0.3, -0.25) is 4.79 Å². The molecular weight excluding hydrogens is 236 g/mol. The van der Waals surface area contributed by atoms with Gasteiger partial charge in [0.25, 0.3) is 0 Å². The molecule has 0 amide bonds. The molecule has 19 heavy (non-hydrogen) atoms. The predicted molar refractivity (Wildman–Crippen MR) is 72.0 cm³/mol. The third-order valence-electron chi connectivity index (χ3n) is 4.28. The SMILES string of the molecule is O=C1O[C@@H]2Cc3ccccc3[C@@H]2[C@H]1c1ccccc1. The van der Waals surface area contributed by atoms with E-state index in [1.807, 2.05) is 36.4 Å². The van der Waals surface area contributed by atoms with Crippen LogP contribution < -0.4 is 0 Å². The second kappa shape index (κ2) is 3.95. The Morgan fingerprint density at radius 1 is 0.947 bits per heavy atom. The Balaban J connectivity index is 1.82. The molecule has 3 atom stereocenters. The molecule has 1 aliphatic heterocycles. The third kappa shape index (κ3) is 1.53. The highest BCUT2D eigenvalue weighted by molar-refractivity contribution is 5.83. The van der Waals surface area contributed by atoms with Crippen LogP contribution in [0.3, 0.4) is 0 Å². The first-order valence-corrected chi connectivity index (χ1v) is 6.68. The lowest BCUT2D eigenvalue weighted by atomic mass is 9.83. The molecule has 0 radical (unpaired) electrons. The highest BCUT2D eigenvalue weighted by Crippen LogP contribution is 2.49. The minimum absolute atomic E-state index is 0.0232. The molecule has 94 valence electrons. The van der Waals surface area contributed by atoms with Crippen LogP contribution in [0.2, 0.25) is 0 Å². The zero-order valence-corrected chi connectivity index (χ0v) is 10.5. The average Bonchev–Trinajstić information content (AvgIpc) is 2.94. The number of carbonyl (C=O) groups excluding carboxylic acids is 1. The number of fused-ring (bicyclic) bond motifs is 3. The summed E-state index contributed by atoms with van der Waals surface area (Å²) >= 11 is 0. The average molecular weight is 250 g/mol. The van der Waals surface area contributed by atoms with Crippen molar-refractivity contribution >= 4 is 5.97 Å². The molecule has 1 fully saturated rings. The first kappa shape index (κ1) is 10.8. The van der Waals surface area contributed by atoms with Crippen molar-refractivity contribution in [1.82, 2.24) is 0 Å². The Morgan fingerprint density at radius 2 is 1.68 bits per heavy atom. The van der Waals surface area contributed by atoms with Gasteiger partial charge in [0, 0.05) is 12.3 Å². The number of rotatable bonds is 1. The highest BCUT2D eigenvalue weighted by atomic mass is 16.6. The molecule has 0 unspecified atom stereocenters. The summed E-state index contributed by atoms with van der Waals surface area (Å²) in [5, 5.41) is 0. The van der Waals surface area contributed by atoms with Gasteiger partial charge in [-0.1, -0.05) is 54.6 Å². The molecule has 4 rings (SSSR count). The van der Waals surface area contributed by atoms with Crippen molar-refractivity contribution in [3.05, 3.63) is 71.3 Å². The van der Waals surface area contributed by atoms with Crippen molar-refractivity contribution in [2.24, 2.45) is 0 Å². The van der Waals surface area contributed by atoms with E-state index in [-0.39, 0.29) is 23.9 Å². The standard InChI is InChI=1S/C17H14O2/c18-17-15(11-6-2-1-3-7-11)16-13-9-5-4-8-12(13)10-14(16)19-17/h1-9,14-16H,10H2/t14-,15-,16+/m1/s1. The van der Waals surface area contributed by atoms with Crippen LogP contribution in [-0.2, 0) is 16.0 Å². The second-order valence-electron chi connectivity index (χ2n) is 5.29. The van der Waals surface area contributed by atoms with Gasteiger partial charge in [-0.05, 0) is 16.7 Å². The van der Waals surface area contributed by atoms with E-state index in [0.29, 0.717) is 0 Å². The van der Waals surface area contributed by atoms with Crippen LogP contribution in [0.15, 0.2) is 54.6 Å². The molecule has 0 N–H and O–H groups in total. The number of esters is 1. The van der Waals surface area contributed by atoms with Crippen LogP contribution >= 0.6 is 0 Å². The van der Waals surface area contributed by atoms with Gasteiger partial charge in [-0.2, -0.15) is 0 Å². The molecule has 1 aliphatic carbocycles. The first-order valence-electron chi connectivity index (χ1n) is 6.68. The number of hydrogen-bond acceptors (Lipinski definition) is 2. The lowest BCUT2D eigenvalue weighted by Gasteiger charge is -2.15. The van der Waals surface area contributed by atoms with Crippen LogP contribution in [0, 0.1) is 0 Å². The summed E-state index contributed by atoms with van der Waals surface area (Å²) in [6, 6.07) is 18.4. The first-order chi connectivity index (χ1) is 9.34. The van der Waals surface area contributed by atoms with E-state index in [0.717, 1.165) is 12.0 Å². The van der Waals surface area contributed by atoms with Crippen molar-refractivity contribution < 1.29 is 9.53 Å². The van der Waals surface area contributed by atoms with E-state index in [4.69, 9.17) is 4.74 Å². The second-order valence-corrected chi connectivity index (χ2v) is 5.29. The maximum absolute atomic E-state index is 12.2. The summed E-state index contributed by atoms with van der Waals surface area (Å²) in [4.78, 5) is 12.2. The fourth-order valence-corrected chi connectivity index (χ4v) is 3.47. The number of hydrogen-bond donors (Lipinski definition) is 0. The predicted octanol–water partition coefficient (Wildman–Crippen LogP) is 3.04. The van der Waals surface area contributed by atoms with Crippen molar-refractivity contribution in [2.45, 2.75) is 24.4 Å². The molecule has 0 aromatic heterocycles. The van der Waals surface area contributed by atoms with Gasteiger partial charge in [-0.15, -0.1) is 0 Å². The molecule has 2 aromatic rings. The summed E-state index contributed by atoms with van der Waals surface area (Å²) in [6.07, 6.45) is 0.880. The molecule has 1 heterocycles. The molecule has 0 saturated carbocycles. The minimum atomic E-state index is -0.144. The zero-order chi connectivity index (χ0) is 12.8. The minimum Gasteiger partial charge on any atom is -0.461 e. The van der Waals surface area contributed by atoms with Crippen LogP contribution in [0.5, 0.6) is 0 Å². The highest BCUT2D eigenvalue weighted by Gasteiger charge is 2.50.